The maximum absolute atomic E-state index is 12.9. The summed E-state index contributed by atoms with van der Waals surface area (Å²) in [7, 11) is 1.50. The number of ether oxygens (including phenoxy) is 2. The fourth-order valence-electron chi connectivity index (χ4n) is 5.04. The first-order chi connectivity index (χ1) is 12.4. The van der Waals surface area contributed by atoms with Crippen LogP contribution in [0.2, 0.25) is 0 Å². The van der Waals surface area contributed by atoms with E-state index in [2.05, 4.69) is 0 Å². The molecule has 6 atom stereocenters. The molecule has 3 N–H and O–H groups in total. The van der Waals surface area contributed by atoms with Crippen LogP contribution >= 0.6 is 0 Å². The van der Waals surface area contributed by atoms with Gasteiger partial charge in [-0.2, -0.15) is 0 Å². The lowest BCUT2D eigenvalue weighted by Crippen LogP contribution is -2.48. The van der Waals surface area contributed by atoms with E-state index >= 15 is 0 Å². The van der Waals surface area contributed by atoms with E-state index in [4.69, 9.17) is 9.47 Å². The Morgan fingerprint density at radius 2 is 2.00 bits per heavy atom. The minimum absolute atomic E-state index is 0.151. The fraction of sp³-hybridized carbons (Fsp3) is 0.450. The molecule has 26 heavy (non-hydrogen) atoms. The topological polar surface area (TPSA) is 99.5 Å². The van der Waals surface area contributed by atoms with E-state index in [1.807, 2.05) is 6.92 Å². The number of aliphatic hydroxyl groups excluding tert-OH is 3. The third kappa shape index (κ3) is 1.56. The Balaban J connectivity index is 1.76. The minimum Gasteiger partial charge on any atom is -0.496 e. The number of fused-ring (bicyclic) bond motifs is 1. The van der Waals surface area contributed by atoms with Crippen molar-refractivity contribution in [3.63, 3.8) is 0 Å². The average molecular weight is 356 g/mol. The maximum atomic E-state index is 12.9. The Labute approximate surface area is 150 Å². The number of aliphatic hydroxyl groups is 3. The van der Waals surface area contributed by atoms with Crippen LogP contribution in [0.4, 0.5) is 0 Å². The van der Waals surface area contributed by atoms with Crippen molar-refractivity contribution < 1.29 is 29.6 Å². The lowest BCUT2D eigenvalue weighted by atomic mass is 9.62. The molecule has 136 valence electrons. The predicted molar refractivity (Wildman–Crippen MR) is 90.4 cm³/mol. The van der Waals surface area contributed by atoms with Gasteiger partial charge < -0.3 is 24.8 Å². The van der Waals surface area contributed by atoms with Gasteiger partial charge in [-0.25, -0.2) is 0 Å². The molecule has 1 aromatic rings. The van der Waals surface area contributed by atoms with Gasteiger partial charge in [-0.3, -0.25) is 4.79 Å². The number of rotatable bonds is 1. The summed E-state index contributed by atoms with van der Waals surface area (Å²) in [6.07, 6.45) is 0.482. The van der Waals surface area contributed by atoms with E-state index < -0.39 is 29.5 Å². The van der Waals surface area contributed by atoms with Gasteiger partial charge in [0.2, 0.25) is 0 Å². The van der Waals surface area contributed by atoms with Crippen molar-refractivity contribution in [1.29, 1.82) is 0 Å². The molecular weight excluding hydrogens is 336 g/mol. The summed E-state index contributed by atoms with van der Waals surface area (Å²) in [6.45, 7) is 1.82. The number of hydrogen-bond acceptors (Lipinski definition) is 6. The van der Waals surface area contributed by atoms with E-state index in [1.54, 1.807) is 30.4 Å². The third-order valence-corrected chi connectivity index (χ3v) is 6.36. The van der Waals surface area contributed by atoms with Gasteiger partial charge in [-0.15, -0.1) is 0 Å². The van der Waals surface area contributed by atoms with E-state index in [-0.39, 0.29) is 18.1 Å². The zero-order chi connectivity index (χ0) is 18.4. The molecule has 0 bridgehead atoms. The van der Waals surface area contributed by atoms with E-state index in [0.717, 1.165) is 0 Å². The molecule has 6 nitrogen and oxygen atoms in total. The Kier molecular flexibility index (Phi) is 3.01. The van der Waals surface area contributed by atoms with Crippen LogP contribution in [0.25, 0.3) is 0 Å². The number of carbonyl (C=O) groups is 1. The van der Waals surface area contributed by atoms with Gasteiger partial charge in [0.25, 0.3) is 0 Å². The summed E-state index contributed by atoms with van der Waals surface area (Å²) in [5.41, 5.74) is -0.837. The number of Topliss-reactive ketones (excluding diaryl/α,β-unsaturated/α-hetero) is 1. The molecular formula is C20H20O6. The van der Waals surface area contributed by atoms with Crippen molar-refractivity contribution >= 4 is 5.78 Å². The summed E-state index contributed by atoms with van der Waals surface area (Å²) in [5.74, 6) is 0.109. The molecule has 1 fully saturated rings. The highest BCUT2D eigenvalue weighted by atomic mass is 16.7. The van der Waals surface area contributed by atoms with Gasteiger partial charge in [0.05, 0.1) is 13.2 Å². The maximum Gasteiger partial charge on any atom is 0.164 e. The number of hydrogen-bond donors (Lipinski definition) is 3. The van der Waals surface area contributed by atoms with Crippen LogP contribution in [0, 0.1) is 5.92 Å². The zero-order valence-corrected chi connectivity index (χ0v) is 14.5. The van der Waals surface area contributed by atoms with E-state index in [9.17, 15) is 20.1 Å². The summed E-state index contributed by atoms with van der Waals surface area (Å²) in [4.78, 5) is 12.9. The average Bonchev–Trinajstić information content (AvgIpc) is 3.35. The standard InChI is InChI=1S/C20H20O6/c1-9-8-12(21)15-11(16(9)22)6-7-19-18(24)14-10(4-3-5-13(14)25-2)17(23)20(15,19)26-19/h3-7,9,16-18,22-24H,8H2,1-2H3. The number of carbonyl (C=O) groups excluding carboxylic acids is 1. The van der Waals surface area contributed by atoms with Crippen LogP contribution in [-0.2, 0) is 9.53 Å². The first kappa shape index (κ1) is 16.2. The van der Waals surface area contributed by atoms with Crippen LogP contribution in [0.15, 0.2) is 41.5 Å². The molecule has 0 amide bonds. The van der Waals surface area contributed by atoms with Crippen molar-refractivity contribution in [3.8, 4) is 5.75 Å². The van der Waals surface area contributed by atoms with Crippen LogP contribution in [0.1, 0.15) is 36.7 Å². The quantitative estimate of drug-likeness (QED) is 0.652. The molecule has 1 aromatic carbocycles. The summed E-state index contributed by atoms with van der Waals surface area (Å²) < 4.78 is 11.4. The first-order valence-corrected chi connectivity index (χ1v) is 8.77. The molecule has 3 aliphatic carbocycles. The summed E-state index contributed by atoms with van der Waals surface area (Å²) >= 11 is 0. The number of ketones is 1. The Morgan fingerprint density at radius 3 is 2.73 bits per heavy atom. The molecule has 0 spiro atoms. The van der Waals surface area contributed by atoms with Gasteiger partial charge in [0.1, 0.15) is 18.0 Å². The molecule has 5 rings (SSSR count). The number of epoxide rings is 1. The molecule has 0 radical (unpaired) electrons. The van der Waals surface area contributed by atoms with Crippen LogP contribution in [0.5, 0.6) is 5.75 Å². The van der Waals surface area contributed by atoms with Gasteiger partial charge in [0, 0.05) is 17.6 Å². The second-order valence-electron chi connectivity index (χ2n) is 7.61. The Hall–Kier alpha value is -1.99. The molecule has 0 aromatic heterocycles. The van der Waals surface area contributed by atoms with Crippen molar-refractivity contribution in [2.24, 2.45) is 5.92 Å². The highest BCUT2D eigenvalue weighted by Crippen LogP contribution is 2.72. The lowest BCUT2D eigenvalue weighted by molar-refractivity contribution is -0.119. The van der Waals surface area contributed by atoms with Crippen molar-refractivity contribution in [3.05, 3.63) is 52.6 Å². The predicted octanol–water partition coefficient (Wildman–Crippen LogP) is 1.12. The van der Waals surface area contributed by atoms with Gasteiger partial charge in [-0.1, -0.05) is 25.1 Å². The molecule has 1 aliphatic heterocycles. The van der Waals surface area contributed by atoms with Crippen molar-refractivity contribution in [1.82, 2.24) is 0 Å². The number of methoxy groups -OCH3 is 1. The zero-order valence-electron chi connectivity index (χ0n) is 14.5. The third-order valence-electron chi connectivity index (χ3n) is 6.36. The smallest absolute Gasteiger partial charge is 0.164 e. The molecule has 1 saturated heterocycles. The monoisotopic (exact) mass is 356 g/mol. The second-order valence-corrected chi connectivity index (χ2v) is 7.61. The lowest BCUT2D eigenvalue weighted by Gasteiger charge is -2.40. The van der Waals surface area contributed by atoms with Crippen molar-refractivity contribution in [2.75, 3.05) is 7.11 Å². The molecule has 4 aliphatic rings. The van der Waals surface area contributed by atoms with Crippen LogP contribution < -0.4 is 4.74 Å². The minimum atomic E-state index is -1.35. The largest absolute Gasteiger partial charge is 0.496 e. The molecule has 6 heteroatoms. The molecule has 0 saturated carbocycles. The van der Waals surface area contributed by atoms with E-state index in [0.29, 0.717) is 28.0 Å². The van der Waals surface area contributed by atoms with Crippen LogP contribution in [-0.4, -0.2) is 45.5 Å². The van der Waals surface area contributed by atoms with Gasteiger partial charge in [-0.05, 0) is 29.2 Å². The van der Waals surface area contributed by atoms with Crippen molar-refractivity contribution in [2.45, 2.75) is 42.9 Å². The van der Waals surface area contributed by atoms with Crippen LogP contribution in [0.3, 0.4) is 0 Å². The molecule has 1 heterocycles. The van der Waals surface area contributed by atoms with Gasteiger partial charge in [0.15, 0.2) is 17.0 Å². The van der Waals surface area contributed by atoms with E-state index in [1.165, 1.54) is 7.11 Å². The summed E-state index contributed by atoms with van der Waals surface area (Å²) in [5, 5.41) is 32.9. The Bertz CT molecular complexity index is 902. The second kappa shape index (κ2) is 4.84. The molecule has 6 unspecified atom stereocenters. The SMILES string of the molecule is COc1cccc2c1C(O)C13C=CC4=C(C(=O)CC(C)C4O)C1(O3)C2O. The fourth-order valence-corrected chi connectivity index (χ4v) is 5.04. The first-order valence-electron chi connectivity index (χ1n) is 8.77. The Morgan fingerprint density at radius 1 is 1.23 bits per heavy atom. The summed E-state index contributed by atoms with van der Waals surface area (Å²) in [6, 6.07) is 5.15. The highest BCUT2D eigenvalue weighted by molar-refractivity contribution is 6.02. The number of benzene rings is 1. The van der Waals surface area contributed by atoms with Gasteiger partial charge >= 0.3 is 0 Å². The normalized spacial score (nSPS) is 42.6. The highest BCUT2D eigenvalue weighted by Gasteiger charge is 2.82.